The lowest BCUT2D eigenvalue weighted by atomic mass is 9.96. The number of nitrogens with one attached hydrogen (secondary N) is 1. The minimum atomic E-state index is 0. The Morgan fingerprint density at radius 3 is 3.00 bits per heavy atom. The van der Waals surface area contributed by atoms with Crippen molar-refractivity contribution < 1.29 is 4.52 Å². The molecule has 0 saturated carbocycles. The van der Waals surface area contributed by atoms with Crippen LogP contribution in [0.15, 0.2) is 4.52 Å². The van der Waals surface area contributed by atoms with Gasteiger partial charge in [0.15, 0.2) is 5.82 Å². The number of aryl methyl sites for hydroxylation is 1. The van der Waals surface area contributed by atoms with E-state index < -0.39 is 0 Å². The summed E-state index contributed by atoms with van der Waals surface area (Å²) in [6.45, 7) is 4.09. The Kier molecular flexibility index (Phi) is 4.35. The Hall–Kier alpha value is -0.610. The highest BCUT2D eigenvalue weighted by molar-refractivity contribution is 5.85. The van der Waals surface area contributed by atoms with Crippen LogP contribution in [0.3, 0.4) is 0 Å². The van der Waals surface area contributed by atoms with Crippen molar-refractivity contribution in [1.29, 1.82) is 0 Å². The number of halogens is 1. The first kappa shape index (κ1) is 11.5. The van der Waals surface area contributed by atoms with Gasteiger partial charge in [-0.3, -0.25) is 0 Å². The number of nitrogens with zero attached hydrogens (tertiary/aromatic N) is 2. The second-order valence-electron chi connectivity index (χ2n) is 3.65. The topological polar surface area (TPSA) is 51.0 Å². The van der Waals surface area contributed by atoms with Gasteiger partial charge in [0.25, 0.3) is 0 Å². The van der Waals surface area contributed by atoms with Crippen molar-refractivity contribution in [1.82, 2.24) is 15.5 Å². The van der Waals surface area contributed by atoms with Crippen molar-refractivity contribution in [2.45, 2.75) is 26.2 Å². The summed E-state index contributed by atoms with van der Waals surface area (Å²) >= 11 is 0. The third kappa shape index (κ3) is 2.96. The van der Waals surface area contributed by atoms with Gasteiger partial charge in [-0.1, -0.05) is 5.16 Å². The standard InChI is InChI=1S/C9H15N3O.ClH/c1-7-11-9(13-12-7)5-8-3-2-4-10-6-8;/h8,10H,2-6H2,1H3;1H. The Labute approximate surface area is 89.9 Å². The normalized spacial score (nSPS) is 21.6. The molecule has 1 saturated heterocycles. The van der Waals surface area contributed by atoms with Crippen molar-refractivity contribution in [3.8, 4) is 0 Å². The predicted octanol–water partition coefficient (Wildman–Crippen LogP) is 1.34. The van der Waals surface area contributed by atoms with Crippen molar-refractivity contribution in [3.05, 3.63) is 11.7 Å². The van der Waals surface area contributed by atoms with E-state index in [1.807, 2.05) is 6.92 Å². The van der Waals surface area contributed by atoms with Gasteiger partial charge in [0.05, 0.1) is 0 Å². The zero-order valence-electron chi connectivity index (χ0n) is 8.32. The Morgan fingerprint density at radius 2 is 2.43 bits per heavy atom. The number of rotatable bonds is 2. The first-order valence-corrected chi connectivity index (χ1v) is 4.84. The average molecular weight is 218 g/mol. The molecule has 14 heavy (non-hydrogen) atoms. The maximum atomic E-state index is 5.08. The summed E-state index contributed by atoms with van der Waals surface area (Å²) in [5.41, 5.74) is 0. The van der Waals surface area contributed by atoms with Gasteiger partial charge >= 0.3 is 0 Å². The molecule has 80 valence electrons. The lowest BCUT2D eigenvalue weighted by molar-refractivity contribution is 0.315. The molecule has 1 unspecified atom stereocenters. The fourth-order valence-electron chi connectivity index (χ4n) is 1.77. The van der Waals surface area contributed by atoms with Crippen LogP contribution in [0.5, 0.6) is 0 Å². The van der Waals surface area contributed by atoms with Gasteiger partial charge < -0.3 is 9.84 Å². The lowest BCUT2D eigenvalue weighted by Gasteiger charge is -2.20. The van der Waals surface area contributed by atoms with Gasteiger partial charge in [-0.25, -0.2) is 0 Å². The Morgan fingerprint density at radius 1 is 1.57 bits per heavy atom. The molecule has 0 aromatic carbocycles. The zero-order valence-corrected chi connectivity index (χ0v) is 9.14. The summed E-state index contributed by atoms with van der Waals surface area (Å²) in [4.78, 5) is 4.20. The zero-order chi connectivity index (χ0) is 9.10. The van der Waals surface area contributed by atoms with Crippen LogP contribution < -0.4 is 5.32 Å². The van der Waals surface area contributed by atoms with Crippen LogP contribution in [0, 0.1) is 12.8 Å². The van der Waals surface area contributed by atoms with E-state index in [1.165, 1.54) is 12.8 Å². The first-order chi connectivity index (χ1) is 6.34. The van der Waals surface area contributed by atoms with E-state index in [2.05, 4.69) is 15.5 Å². The molecule has 1 atom stereocenters. The van der Waals surface area contributed by atoms with E-state index in [9.17, 15) is 0 Å². The van der Waals surface area contributed by atoms with Crippen molar-refractivity contribution >= 4 is 12.4 Å². The third-order valence-corrected chi connectivity index (χ3v) is 2.43. The second-order valence-corrected chi connectivity index (χ2v) is 3.65. The largest absolute Gasteiger partial charge is 0.339 e. The van der Waals surface area contributed by atoms with E-state index in [-0.39, 0.29) is 12.4 Å². The Balaban J connectivity index is 0.000000980. The molecule has 1 aliphatic heterocycles. The van der Waals surface area contributed by atoms with Gasteiger partial charge in [0.2, 0.25) is 5.89 Å². The molecule has 1 aromatic heterocycles. The van der Waals surface area contributed by atoms with Crippen molar-refractivity contribution in [2.24, 2.45) is 5.92 Å². The lowest BCUT2D eigenvalue weighted by Crippen LogP contribution is -2.30. The molecule has 5 heteroatoms. The molecule has 1 aliphatic rings. The SMILES string of the molecule is Cc1noc(CC2CCCNC2)n1.Cl. The number of hydrogen-bond acceptors (Lipinski definition) is 4. The minimum Gasteiger partial charge on any atom is -0.339 e. The number of aromatic nitrogens is 2. The van der Waals surface area contributed by atoms with E-state index in [1.54, 1.807) is 0 Å². The second kappa shape index (κ2) is 5.32. The van der Waals surface area contributed by atoms with E-state index in [0.717, 1.165) is 31.2 Å². The maximum Gasteiger partial charge on any atom is 0.226 e. The highest BCUT2D eigenvalue weighted by atomic mass is 35.5. The van der Waals surface area contributed by atoms with Crippen molar-refractivity contribution in [2.75, 3.05) is 13.1 Å². The van der Waals surface area contributed by atoms with Crippen LogP contribution in [-0.2, 0) is 6.42 Å². The van der Waals surface area contributed by atoms with Gasteiger partial charge in [0, 0.05) is 6.42 Å². The molecule has 1 N–H and O–H groups in total. The van der Waals surface area contributed by atoms with E-state index in [0.29, 0.717) is 5.92 Å². The number of hydrogen-bond donors (Lipinski definition) is 1. The summed E-state index contributed by atoms with van der Waals surface area (Å²) in [6, 6.07) is 0. The highest BCUT2D eigenvalue weighted by Crippen LogP contribution is 2.14. The summed E-state index contributed by atoms with van der Waals surface area (Å²) in [6.07, 6.45) is 3.46. The molecular formula is C9H16ClN3O. The quantitative estimate of drug-likeness (QED) is 0.813. The molecular weight excluding hydrogens is 202 g/mol. The molecule has 0 radical (unpaired) electrons. The van der Waals surface area contributed by atoms with Gasteiger partial charge in [-0.2, -0.15) is 4.98 Å². The first-order valence-electron chi connectivity index (χ1n) is 4.84. The third-order valence-electron chi connectivity index (χ3n) is 2.43. The molecule has 1 aromatic rings. The van der Waals surface area contributed by atoms with Crippen LogP contribution in [0.1, 0.15) is 24.6 Å². The number of piperidine rings is 1. The summed E-state index contributed by atoms with van der Waals surface area (Å²) in [5.74, 6) is 2.19. The van der Waals surface area contributed by atoms with Crippen molar-refractivity contribution in [3.63, 3.8) is 0 Å². The van der Waals surface area contributed by atoms with Crippen LogP contribution >= 0.6 is 12.4 Å². The minimum absolute atomic E-state index is 0. The van der Waals surface area contributed by atoms with Gasteiger partial charge in [-0.15, -0.1) is 12.4 Å². The summed E-state index contributed by atoms with van der Waals surface area (Å²) in [5, 5.41) is 7.15. The van der Waals surface area contributed by atoms with E-state index in [4.69, 9.17) is 4.52 Å². The Bertz CT molecular complexity index is 271. The maximum absolute atomic E-state index is 5.08. The molecule has 2 heterocycles. The smallest absolute Gasteiger partial charge is 0.226 e. The predicted molar refractivity (Wildman–Crippen MR) is 55.6 cm³/mol. The summed E-state index contributed by atoms with van der Waals surface area (Å²) in [7, 11) is 0. The molecule has 0 bridgehead atoms. The highest BCUT2D eigenvalue weighted by Gasteiger charge is 2.16. The molecule has 4 nitrogen and oxygen atoms in total. The molecule has 0 aliphatic carbocycles. The average Bonchev–Trinajstić information content (AvgIpc) is 2.53. The molecule has 1 fully saturated rings. The van der Waals surface area contributed by atoms with Gasteiger partial charge in [-0.05, 0) is 38.8 Å². The van der Waals surface area contributed by atoms with Crippen LogP contribution in [0.25, 0.3) is 0 Å². The molecule has 0 spiro atoms. The fourth-order valence-corrected chi connectivity index (χ4v) is 1.77. The van der Waals surface area contributed by atoms with Crippen LogP contribution in [0.2, 0.25) is 0 Å². The van der Waals surface area contributed by atoms with E-state index >= 15 is 0 Å². The van der Waals surface area contributed by atoms with Gasteiger partial charge in [0.1, 0.15) is 0 Å². The van der Waals surface area contributed by atoms with Crippen LogP contribution in [0.4, 0.5) is 0 Å². The fraction of sp³-hybridized carbons (Fsp3) is 0.778. The monoisotopic (exact) mass is 217 g/mol. The molecule has 2 rings (SSSR count). The summed E-state index contributed by atoms with van der Waals surface area (Å²) < 4.78 is 5.08. The molecule has 0 amide bonds. The van der Waals surface area contributed by atoms with Crippen LogP contribution in [-0.4, -0.2) is 23.2 Å².